The molecular formula is C43H53N9O2S. The van der Waals surface area contributed by atoms with Crippen molar-refractivity contribution in [2.45, 2.75) is 106 Å². The highest BCUT2D eigenvalue weighted by atomic mass is 32.2. The normalized spacial score (nSPS) is 14.0. The second kappa shape index (κ2) is 15.4. The van der Waals surface area contributed by atoms with Gasteiger partial charge in [-0.15, -0.1) is 9.89 Å². The average molecular weight is 760 g/mol. The number of nitriles is 2. The van der Waals surface area contributed by atoms with Crippen LogP contribution in [-0.2, 0) is 15.4 Å². The molecule has 1 aromatic heterocycles. The van der Waals surface area contributed by atoms with E-state index < -0.39 is 10.0 Å². The number of nitrogens with one attached hydrogen (secondary N) is 1. The summed E-state index contributed by atoms with van der Waals surface area (Å²) in [6.45, 7) is 23.9. The fraction of sp³-hybridized carbons (Fsp3) is 0.442. The van der Waals surface area contributed by atoms with Crippen LogP contribution in [0.25, 0.3) is 11.4 Å². The van der Waals surface area contributed by atoms with E-state index in [0.29, 0.717) is 60.1 Å². The van der Waals surface area contributed by atoms with Gasteiger partial charge in [-0.05, 0) is 103 Å². The van der Waals surface area contributed by atoms with Crippen LogP contribution in [0.5, 0.6) is 0 Å². The third-order valence-corrected chi connectivity index (χ3v) is 11.0. The van der Waals surface area contributed by atoms with E-state index in [0.717, 1.165) is 40.2 Å². The van der Waals surface area contributed by atoms with Gasteiger partial charge in [-0.2, -0.15) is 15.6 Å². The summed E-state index contributed by atoms with van der Waals surface area (Å²) in [6, 6.07) is 21.5. The van der Waals surface area contributed by atoms with Crippen molar-refractivity contribution < 1.29 is 8.42 Å². The highest BCUT2D eigenvalue weighted by Gasteiger charge is 2.35. The molecule has 1 aliphatic rings. The highest BCUT2D eigenvalue weighted by molar-refractivity contribution is 7.92. The Hall–Kier alpha value is -5.33. The maximum absolute atomic E-state index is 14.0. The molecule has 55 heavy (non-hydrogen) atoms. The predicted octanol–water partition coefficient (Wildman–Crippen LogP) is 9.40. The molecular weight excluding hydrogens is 707 g/mol. The summed E-state index contributed by atoms with van der Waals surface area (Å²) in [6.07, 6.45) is 1.61. The van der Waals surface area contributed by atoms with Crippen molar-refractivity contribution in [3.8, 4) is 23.5 Å². The molecule has 0 radical (unpaired) electrons. The third-order valence-electron chi connectivity index (χ3n) is 9.52. The van der Waals surface area contributed by atoms with Crippen molar-refractivity contribution >= 4 is 38.5 Å². The third kappa shape index (κ3) is 9.49. The Bertz CT molecular complexity index is 2340. The van der Waals surface area contributed by atoms with Gasteiger partial charge in [-0.25, -0.2) is 18.4 Å². The molecule has 288 valence electrons. The van der Waals surface area contributed by atoms with E-state index in [1.54, 1.807) is 12.1 Å². The lowest BCUT2D eigenvalue weighted by Crippen LogP contribution is -2.27. The summed E-state index contributed by atoms with van der Waals surface area (Å²) < 4.78 is 30.8. The van der Waals surface area contributed by atoms with E-state index in [1.807, 2.05) is 68.1 Å². The number of fused-ring (bicyclic) bond motifs is 1. The monoisotopic (exact) mass is 759 g/mol. The minimum Gasteiger partial charge on any atom is -0.369 e. The van der Waals surface area contributed by atoms with Crippen molar-refractivity contribution in [3.05, 3.63) is 82.7 Å². The van der Waals surface area contributed by atoms with Crippen molar-refractivity contribution in [2.24, 2.45) is 20.9 Å². The molecule has 0 bridgehead atoms. The predicted molar refractivity (Wildman–Crippen MR) is 222 cm³/mol. The zero-order valence-electron chi connectivity index (χ0n) is 34.0. The quantitative estimate of drug-likeness (QED) is 0.151. The van der Waals surface area contributed by atoms with Crippen LogP contribution in [0.15, 0.2) is 69.6 Å². The molecule has 12 heteroatoms. The van der Waals surface area contributed by atoms with Gasteiger partial charge >= 0.3 is 0 Å². The first-order valence-electron chi connectivity index (χ1n) is 18.6. The van der Waals surface area contributed by atoms with Crippen LogP contribution in [0.1, 0.15) is 103 Å². The maximum Gasteiger partial charge on any atom is 0.262 e. The molecule has 0 amide bonds. The molecule has 0 saturated heterocycles. The Morgan fingerprint density at radius 2 is 1.53 bits per heavy atom. The lowest BCUT2D eigenvalue weighted by Gasteiger charge is -2.33. The van der Waals surface area contributed by atoms with Crippen LogP contribution >= 0.6 is 0 Å². The highest BCUT2D eigenvalue weighted by Crippen LogP contribution is 2.38. The van der Waals surface area contributed by atoms with Crippen molar-refractivity contribution in [2.75, 3.05) is 22.7 Å². The molecule has 0 aliphatic carbocycles. The number of hydrogen-bond donors (Lipinski definition) is 1. The number of hydrogen-bond acceptors (Lipinski definition) is 9. The number of aliphatic imine (C=N–C) groups is 1. The van der Waals surface area contributed by atoms with Gasteiger partial charge < -0.3 is 4.90 Å². The molecule has 4 aromatic rings. The minimum absolute atomic E-state index is 0.0726. The lowest BCUT2D eigenvalue weighted by molar-refractivity contribution is 0.284. The number of anilines is 2. The molecule has 2 heterocycles. The van der Waals surface area contributed by atoms with Gasteiger partial charge in [0, 0.05) is 35.4 Å². The zero-order chi connectivity index (χ0) is 40.5. The summed E-state index contributed by atoms with van der Waals surface area (Å²) >= 11 is 0. The number of sulfonamides is 1. The molecule has 0 saturated carbocycles. The van der Waals surface area contributed by atoms with Crippen LogP contribution < -0.4 is 9.62 Å². The van der Waals surface area contributed by atoms with Gasteiger partial charge in [0.05, 0.1) is 41.3 Å². The van der Waals surface area contributed by atoms with Crippen LogP contribution in [-0.4, -0.2) is 47.8 Å². The molecule has 0 unspecified atom stereocenters. The number of rotatable bonds is 12. The number of nitrogens with zero attached hydrogens (tertiary/aromatic N) is 8. The summed E-state index contributed by atoms with van der Waals surface area (Å²) in [5.41, 5.74) is 6.93. The lowest BCUT2D eigenvalue weighted by atomic mass is 9.72. The second-order valence-electron chi connectivity index (χ2n) is 17.4. The Labute approximate surface area is 326 Å². The van der Waals surface area contributed by atoms with Crippen molar-refractivity contribution in [3.63, 3.8) is 0 Å². The first-order chi connectivity index (χ1) is 25.6. The van der Waals surface area contributed by atoms with Gasteiger partial charge in [0.2, 0.25) is 5.82 Å². The molecule has 3 aromatic carbocycles. The van der Waals surface area contributed by atoms with E-state index in [4.69, 9.17) is 30.7 Å². The molecule has 1 aliphatic heterocycles. The fourth-order valence-corrected chi connectivity index (χ4v) is 8.55. The summed E-state index contributed by atoms with van der Waals surface area (Å²) in [5.74, 6) is 0.880. The average Bonchev–Trinajstić information content (AvgIpc) is 3.63. The first kappa shape index (κ1) is 40.8. The molecule has 0 fully saturated rings. The van der Waals surface area contributed by atoms with E-state index in [-0.39, 0.29) is 21.1 Å². The van der Waals surface area contributed by atoms with Gasteiger partial charge in [-0.3, -0.25) is 4.72 Å². The fourth-order valence-electron chi connectivity index (χ4n) is 7.24. The molecule has 5 rings (SSSR count). The number of aromatic nitrogens is 3. The van der Waals surface area contributed by atoms with Gasteiger partial charge in [0.15, 0.2) is 5.82 Å². The first-order valence-corrected chi connectivity index (χ1v) is 20.1. The Kier molecular flexibility index (Phi) is 11.5. The number of benzene rings is 3. The van der Waals surface area contributed by atoms with Gasteiger partial charge in [0.25, 0.3) is 10.0 Å². The van der Waals surface area contributed by atoms with E-state index >= 15 is 0 Å². The standard InChI is InChI=1S/C43H53N9O2S/c1-28-22-31(25-33(23-28)50-55(53,54)36-26-32(15-14-29(36)2)43(10,11)27-41(4,5)6)39-47-40-37(38(42(7,8)9)48-52(40)49-39)46-35-17-16-34(24-30(35)3)51(20-12-18-44)21-13-19-45/h14-17,22-26,50H,12-13,20-21,27H2,1-11H3. The van der Waals surface area contributed by atoms with Gasteiger partial charge in [-0.1, -0.05) is 67.5 Å². The maximum atomic E-state index is 14.0. The Balaban J connectivity index is 1.49. The summed E-state index contributed by atoms with van der Waals surface area (Å²) in [4.78, 5) is 13.8. The Morgan fingerprint density at radius 3 is 2.13 bits per heavy atom. The van der Waals surface area contributed by atoms with Crippen LogP contribution in [0.3, 0.4) is 0 Å². The van der Waals surface area contributed by atoms with E-state index in [1.165, 1.54) is 4.79 Å². The second-order valence-corrected chi connectivity index (χ2v) is 19.0. The van der Waals surface area contributed by atoms with E-state index in [2.05, 4.69) is 72.3 Å². The van der Waals surface area contributed by atoms with Crippen molar-refractivity contribution in [1.29, 1.82) is 10.5 Å². The topological polar surface area (TPSA) is 152 Å². The van der Waals surface area contributed by atoms with Crippen LogP contribution in [0.4, 0.5) is 17.1 Å². The SMILES string of the molecule is Cc1cc(NS(=O)(=O)c2cc(C(C)(C)CC(C)(C)C)ccc2C)cc(-c2nc3n(n2)N=C(C(C)(C)C)C3=Nc2ccc(N(CCC#N)CCC#N)cc2C)c1. The smallest absolute Gasteiger partial charge is 0.262 e. The van der Waals surface area contributed by atoms with Gasteiger partial charge in [0.1, 0.15) is 5.71 Å². The van der Waals surface area contributed by atoms with Crippen LogP contribution in [0.2, 0.25) is 0 Å². The minimum atomic E-state index is -3.94. The summed E-state index contributed by atoms with van der Waals surface area (Å²) in [7, 11) is -3.94. The number of aryl methyl sites for hydroxylation is 3. The summed E-state index contributed by atoms with van der Waals surface area (Å²) in [5, 5.41) is 27.9. The Morgan fingerprint density at radius 1 is 0.855 bits per heavy atom. The molecule has 0 atom stereocenters. The van der Waals surface area contributed by atoms with E-state index in [9.17, 15) is 8.42 Å². The van der Waals surface area contributed by atoms with Crippen molar-refractivity contribution in [1.82, 2.24) is 14.9 Å². The largest absolute Gasteiger partial charge is 0.369 e. The zero-order valence-corrected chi connectivity index (χ0v) is 34.9. The molecule has 1 N–H and O–H groups in total. The molecule has 11 nitrogen and oxygen atoms in total. The molecule has 0 spiro atoms. The van der Waals surface area contributed by atoms with Crippen LogP contribution in [0, 0.1) is 54.3 Å².